The molecule has 1 fully saturated rings. The Hall–Kier alpha value is -2.77. The molecule has 0 aromatic heterocycles. The van der Waals surface area contributed by atoms with Gasteiger partial charge in [-0.15, -0.1) is 0 Å². The molecule has 6 nitrogen and oxygen atoms in total. The fourth-order valence-corrected chi connectivity index (χ4v) is 3.69. The lowest BCUT2D eigenvalue weighted by molar-refractivity contribution is -0.0615. The van der Waals surface area contributed by atoms with Crippen LogP contribution < -0.4 is 4.74 Å². The maximum absolute atomic E-state index is 13.9. The van der Waals surface area contributed by atoms with Gasteiger partial charge in [-0.1, -0.05) is 18.2 Å². The van der Waals surface area contributed by atoms with Gasteiger partial charge in [0, 0.05) is 12.1 Å². The molecule has 2 aliphatic rings. The summed E-state index contributed by atoms with van der Waals surface area (Å²) < 4.78 is 30.3. The van der Waals surface area contributed by atoms with Crippen LogP contribution in [0.3, 0.4) is 0 Å². The Morgan fingerprint density at radius 1 is 1.10 bits per heavy atom. The molecule has 0 aliphatic carbocycles. The Balaban J connectivity index is 1.24. The monoisotopic (exact) mass is 399 g/mol. The number of ether oxygens (including phenoxy) is 3. The Bertz CT molecular complexity index is 896. The van der Waals surface area contributed by atoms with Gasteiger partial charge in [0.2, 0.25) is 0 Å². The number of nitrogens with zero attached hydrogens (tertiary/aromatic N) is 1. The van der Waals surface area contributed by atoms with Gasteiger partial charge in [0.1, 0.15) is 0 Å². The summed E-state index contributed by atoms with van der Waals surface area (Å²) in [6.07, 6.45) is 1.50. The fraction of sp³-hybridized carbons (Fsp3) is 0.364. The lowest BCUT2D eigenvalue weighted by atomic mass is 10.1. The molecule has 0 N–H and O–H groups in total. The largest absolute Gasteiger partial charge is 0.494 e. The van der Waals surface area contributed by atoms with Crippen molar-refractivity contribution in [3.05, 3.63) is 65.0 Å². The van der Waals surface area contributed by atoms with Crippen LogP contribution in [0.25, 0.3) is 0 Å². The van der Waals surface area contributed by atoms with Crippen molar-refractivity contribution in [3.8, 4) is 5.75 Å². The second kappa shape index (κ2) is 8.31. The summed E-state index contributed by atoms with van der Waals surface area (Å²) in [6.45, 7) is 0.804. The zero-order chi connectivity index (χ0) is 20.4. The molecule has 0 saturated carbocycles. The number of imide groups is 1. The van der Waals surface area contributed by atoms with Crippen molar-refractivity contribution < 1.29 is 28.2 Å². The Morgan fingerprint density at radius 3 is 2.48 bits per heavy atom. The van der Waals surface area contributed by atoms with E-state index in [1.54, 1.807) is 36.4 Å². The van der Waals surface area contributed by atoms with E-state index in [1.807, 2.05) is 0 Å². The van der Waals surface area contributed by atoms with Crippen LogP contribution in [0.1, 0.15) is 51.8 Å². The van der Waals surface area contributed by atoms with E-state index in [0.29, 0.717) is 36.3 Å². The summed E-state index contributed by atoms with van der Waals surface area (Å²) in [7, 11) is 1.42. The molecule has 2 aromatic rings. The van der Waals surface area contributed by atoms with Gasteiger partial charge in [-0.05, 0) is 43.5 Å². The molecule has 0 radical (unpaired) electrons. The number of fused-ring (bicyclic) bond motifs is 1. The second-order valence-electron chi connectivity index (χ2n) is 7.12. The molecule has 29 heavy (non-hydrogen) atoms. The zero-order valence-electron chi connectivity index (χ0n) is 16.1. The fourth-order valence-electron chi connectivity index (χ4n) is 3.69. The van der Waals surface area contributed by atoms with Crippen molar-refractivity contribution in [1.29, 1.82) is 0 Å². The van der Waals surface area contributed by atoms with Crippen LogP contribution in [0.2, 0.25) is 0 Å². The molecule has 4 rings (SSSR count). The van der Waals surface area contributed by atoms with E-state index in [9.17, 15) is 14.0 Å². The molecular weight excluding hydrogens is 377 g/mol. The van der Waals surface area contributed by atoms with Crippen LogP contribution in [0.15, 0.2) is 42.5 Å². The number of halogens is 1. The van der Waals surface area contributed by atoms with Crippen LogP contribution in [-0.4, -0.2) is 43.1 Å². The molecule has 2 atom stereocenters. The molecule has 2 unspecified atom stereocenters. The van der Waals surface area contributed by atoms with Crippen LogP contribution in [0, 0.1) is 5.82 Å². The number of hydrogen-bond donors (Lipinski definition) is 0. The van der Waals surface area contributed by atoms with E-state index in [4.69, 9.17) is 14.2 Å². The second-order valence-corrected chi connectivity index (χ2v) is 7.12. The smallest absolute Gasteiger partial charge is 0.261 e. The lowest BCUT2D eigenvalue weighted by Gasteiger charge is -2.15. The first-order valence-corrected chi connectivity index (χ1v) is 9.64. The highest BCUT2D eigenvalue weighted by Crippen LogP contribution is 2.31. The number of unbranched alkanes of at least 4 members (excludes halogenated alkanes) is 1. The maximum Gasteiger partial charge on any atom is 0.261 e. The summed E-state index contributed by atoms with van der Waals surface area (Å²) in [4.78, 5) is 26.0. The highest BCUT2D eigenvalue weighted by atomic mass is 19.1. The first kappa shape index (κ1) is 19.5. The van der Waals surface area contributed by atoms with Crippen molar-refractivity contribution in [2.24, 2.45) is 0 Å². The van der Waals surface area contributed by atoms with Gasteiger partial charge in [0.15, 0.2) is 17.9 Å². The predicted molar refractivity (Wildman–Crippen MR) is 102 cm³/mol. The topological polar surface area (TPSA) is 65.1 Å². The molecule has 2 aromatic carbocycles. The van der Waals surface area contributed by atoms with Gasteiger partial charge in [0.25, 0.3) is 11.8 Å². The van der Waals surface area contributed by atoms with Crippen molar-refractivity contribution >= 4 is 11.8 Å². The minimum absolute atomic E-state index is 0.104. The minimum Gasteiger partial charge on any atom is -0.494 e. The summed E-state index contributed by atoms with van der Waals surface area (Å²) in [6, 6.07) is 11.5. The van der Waals surface area contributed by atoms with Crippen LogP contribution in [0.5, 0.6) is 5.75 Å². The zero-order valence-corrected chi connectivity index (χ0v) is 16.1. The van der Waals surface area contributed by atoms with Crippen LogP contribution in [-0.2, 0) is 9.47 Å². The molecule has 2 aliphatic heterocycles. The van der Waals surface area contributed by atoms with Gasteiger partial charge in [-0.2, -0.15) is 0 Å². The highest BCUT2D eigenvalue weighted by molar-refractivity contribution is 6.21. The Kier molecular flexibility index (Phi) is 5.60. The lowest BCUT2D eigenvalue weighted by Crippen LogP contribution is -2.30. The third kappa shape index (κ3) is 3.88. The summed E-state index contributed by atoms with van der Waals surface area (Å²) in [5, 5.41) is 0. The first-order valence-electron chi connectivity index (χ1n) is 9.64. The number of carbonyl (C=O) groups is 2. The normalized spacial score (nSPS) is 21.0. The number of carbonyl (C=O) groups excluding carboxylic acids is 2. The maximum atomic E-state index is 13.9. The van der Waals surface area contributed by atoms with E-state index < -0.39 is 12.1 Å². The van der Waals surface area contributed by atoms with Crippen molar-refractivity contribution in [1.82, 2.24) is 4.90 Å². The number of benzene rings is 2. The van der Waals surface area contributed by atoms with Crippen molar-refractivity contribution in [3.63, 3.8) is 0 Å². The van der Waals surface area contributed by atoms with Gasteiger partial charge >= 0.3 is 0 Å². The third-order valence-electron chi connectivity index (χ3n) is 5.23. The van der Waals surface area contributed by atoms with Crippen molar-refractivity contribution in [2.75, 3.05) is 20.3 Å². The average molecular weight is 399 g/mol. The number of hydrogen-bond acceptors (Lipinski definition) is 5. The van der Waals surface area contributed by atoms with E-state index in [-0.39, 0.29) is 23.7 Å². The number of methoxy groups -OCH3 is 1. The SMILES string of the molecule is COc1ccc(C2OCC(CCCCN3C(=O)c4ccccc4C3=O)O2)cc1F. The molecule has 0 bridgehead atoms. The van der Waals surface area contributed by atoms with Crippen LogP contribution in [0.4, 0.5) is 4.39 Å². The average Bonchev–Trinajstić information content (AvgIpc) is 3.30. The Morgan fingerprint density at radius 2 is 1.83 bits per heavy atom. The highest BCUT2D eigenvalue weighted by Gasteiger charge is 2.34. The quantitative estimate of drug-likeness (QED) is 0.525. The molecule has 2 heterocycles. The van der Waals surface area contributed by atoms with Crippen molar-refractivity contribution in [2.45, 2.75) is 31.7 Å². The van der Waals surface area contributed by atoms with E-state index >= 15 is 0 Å². The predicted octanol–water partition coefficient (Wildman–Crippen LogP) is 3.71. The van der Waals surface area contributed by atoms with E-state index in [2.05, 4.69) is 0 Å². The van der Waals surface area contributed by atoms with E-state index in [0.717, 1.165) is 12.8 Å². The van der Waals surface area contributed by atoms with Gasteiger partial charge in [-0.25, -0.2) is 4.39 Å². The number of amides is 2. The summed E-state index contributed by atoms with van der Waals surface area (Å²) >= 11 is 0. The van der Waals surface area contributed by atoms with Gasteiger partial charge in [0.05, 0.1) is 30.9 Å². The van der Waals surface area contributed by atoms with Gasteiger partial charge < -0.3 is 14.2 Å². The molecule has 7 heteroatoms. The third-order valence-corrected chi connectivity index (χ3v) is 5.23. The minimum atomic E-state index is -0.600. The standard InChI is InChI=1S/C22H22FNO5/c1-27-19-10-9-14(12-18(19)23)22-28-13-15(29-22)6-4-5-11-24-20(25)16-7-2-3-8-17(16)21(24)26/h2-3,7-10,12,15,22H,4-6,11,13H2,1H3. The molecule has 2 amide bonds. The van der Waals surface area contributed by atoms with E-state index in [1.165, 1.54) is 18.1 Å². The van der Waals surface area contributed by atoms with Gasteiger partial charge in [-0.3, -0.25) is 14.5 Å². The molecule has 1 saturated heterocycles. The molecule has 152 valence electrons. The summed E-state index contributed by atoms with van der Waals surface area (Å²) in [5.74, 6) is -0.738. The van der Waals surface area contributed by atoms with Crippen LogP contribution >= 0.6 is 0 Å². The molecule has 0 spiro atoms. The Labute approximate surface area is 168 Å². The number of rotatable bonds is 7. The molecular formula is C22H22FNO5. The first-order chi connectivity index (χ1) is 14.1. The summed E-state index contributed by atoms with van der Waals surface area (Å²) in [5.41, 5.74) is 1.55.